The monoisotopic (exact) mass is 602 g/mol. The lowest BCUT2D eigenvalue weighted by atomic mass is 10.0. The van der Waals surface area contributed by atoms with E-state index in [9.17, 15) is 0 Å². The van der Waals surface area contributed by atoms with Crippen LogP contribution >= 0.6 is 15.9 Å². The zero-order valence-corrected chi connectivity index (χ0v) is 23.7. The highest BCUT2D eigenvalue weighted by molar-refractivity contribution is 9.10. The van der Waals surface area contributed by atoms with Gasteiger partial charge in [0.05, 0.1) is 6.54 Å². The van der Waals surface area contributed by atoms with Crippen molar-refractivity contribution in [3.8, 4) is 0 Å². The number of rotatable bonds is 17. The number of halogens is 2. The van der Waals surface area contributed by atoms with Gasteiger partial charge >= 0.3 is 0 Å². The van der Waals surface area contributed by atoms with Gasteiger partial charge in [-0.05, 0) is 30.5 Å². The summed E-state index contributed by atoms with van der Waals surface area (Å²) in [4.78, 5) is 0. The molecule has 0 unspecified atom stereocenters. The van der Waals surface area contributed by atoms with Crippen LogP contribution in [0.3, 0.4) is 0 Å². The highest BCUT2D eigenvalue weighted by atomic mass is 127. The Labute approximate surface area is 217 Å². The van der Waals surface area contributed by atoms with Crippen LogP contribution in [0.2, 0.25) is 0 Å². The number of aryl methyl sites for hydroxylation is 1. The molecule has 2 aromatic rings. The number of unbranched alkanes of at least 4 members (excludes halogenated alkanes) is 13. The van der Waals surface area contributed by atoms with Crippen molar-refractivity contribution in [1.82, 2.24) is 4.57 Å². The van der Waals surface area contributed by atoms with Gasteiger partial charge in [0.1, 0.15) is 18.9 Å². The summed E-state index contributed by atoms with van der Waals surface area (Å²) in [6.07, 6.45) is 24.3. The molecule has 0 amide bonds. The van der Waals surface area contributed by atoms with Crippen molar-refractivity contribution in [2.24, 2.45) is 0 Å². The smallest absolute Gasteiger partial charge is 0.253 e. The molecule has 2 nitrogen and oxygen atoms in total. The van der Waals surface area contributed by atoms with E-state index >= 15 is 0 Å². The fourth-order valence-corrected chi connectivity index (χ4v) is 4.70. The van der Waals surface area contributed by atoms with Crippen LogP contribution < -0.4 is 28.5 Å². The summed E-state index contributed by atoms with van der Waals surface area (Å²) in [7, 11) is 0. The van der Waals surface area contributed by atoms with Gasteiger partial charge in [0.15, 0.2) is 0 Å². The summed E-state index contributed by atoms with van der Waals surface area (Å²) in [5.41, 5.74) is 1.34. The van der Waals surface area contributed by atoms with Crippen LogP contribution in [-0.4, -0.2) is 4.57 Å². The van der Waals surface area contributed by atoms with Crippen molar-refractivity contribution < 1.29 is 28.5 Å². The van der Waals surface area contributed by atoms with Gasteiger partial charge in [0, 0.05) is 11.4 Å². The van der Waals surface area contributed by atoms with Gasteiger partial charge in [-0.25, -0.2) is 9.13 Å². The van der Waals surface area contributed by atoms with Gasteiger partial charge in [0.2, 0.25) is 0 Å². The molecule has 0 fully saturated rings. The van der Waals surface area contributed by atoms with Gasteiger partial charge in [-0.1, -0.05) is 112 Å². The molecular weight excluding hydrogens is 559 g/mol. The van der Waals surface area contributed by atoms with Gasteiger partial charge in [-0.2, -0.15) is 0 Å². The van der Waals surface area contributed by atoms with Crippen LogP contribution in [0.1, 0.15) is 108 Å². The van der Waals surface area contributed by atoms with Crippen molar-refractivity contribution in [2.45, 2.75) is 117 Å². The zero-order chi connectivity index (χ0) is 21.4. The number of hydrogen-bond donors (Lipinski definition) is 0. The lowest BCUT2D eigenvalue weighted by Gasteiger charge is -2.04. The third kappa shape index (κ3) is 12.5. The second-order valence-corrected chi connectivity index (χ2v) is 9.81. The molecule has 2 rings (SSSR count). The molecule has 0 N–H and O–H groups in total. The number of aromatic nitrogens is 2. The Morgan fingerprint density at radius 2 is 1.35 bits per heavy atom. The standard InChI is InChI=1S/C27H44BrN2.HI/c1-3-4-5-6-7-8-9-10-11-12-13-14-15-16-20-29-21-22-30(25(29)2)24-26-18-17-19-27(28)23-26;/h17-19,21-23H,3-16,20,24H2,1-2H3;1H/q+1;/p-1. The summed E-state index contributed by atoms with van der Waals surface area (Å²) < 4.78 is 5.92. The molecule has 0 atom stereocenters. The van der Waals surface area contributed by atoms with Crippen molar-refractivity contribution in [3.05, 3.63) is 52.5 Å². The zero-order valence-electron chi connectivity index (χ0n) is 19.9. The molecule has 0 saturated heterocycles. The van der Waals surface area contributed by atoms with E-state index in [1.165, 1.54) is 101 Å². The summed E-state index contributed by atoms with van der Waals surface area (Å²) in [6, 6.07) is 8.60. The number of nitrogens with zero attached hydrogens (tertiary/aromatic N) is 2. The summed E-state index contributed by atoms with van der Waals surface area (Å²) >= 11 is 3.57. The lowest BCUT2D eigenvalue weighted by Crippen LogP contribution is -3.00. The molecule has 31 heavy (non-hydrogen) atoms. The van der Waals surface area contributed by atoms with Gasteiger partial charge in [-0.3, -0.25) is 0 Å². The van der Waals surface area contributed by atoms with Crippen molar-refractivity contribution in [1.29, 1.82) is 0 Å². The minimum Gasteiger partial charge on any atom is -1.00 e. The van der Waals surface area contributed by atoms with E-state index in [1.807, 2.05) is 0 Å². The molecule has 0 aliphatic carbocycles. The average Bonchev–Trinajstić information content (AvgIpc) is 3.08. The summed E-state index contributed by atoms with van der Waals surface area (Å²) in [6.45, 7) is 6.62. The Balaban J connectivity index is 0.00000480. The van der Waals surface area contributed by atoms with Crippen LogP contribution in [0, 0.1) is 6.92 Å². The Bertz CT molecular complexity index is 698. The summed E-state index contributed by atoms with van der Waals surface area (Å²) in [5, 5.41) is 0. The van der Waals surface area contributed by atoms with Crippen LogP contribution in [-0.2, 0) is 13.1 Å². The Morgan fingerprint density at radius 1 is 0.806 bits per heavy atom. The molecule has 0 radical (unpaired) electrons. The van der Waals surface area contributed by atoms with E-state index in [-0.39, 0.29) is 24.0 Å². The van der Waals surface area contributed by atoms with Gasteiger partial charge in [-0.15, -0.1) is 0 Å². The topological polar surface area (TPSA) is 8.81 Å². The normalized spacial score (nSPS) is 10.9. The van der Waals surface area contributed by atoms with Crippen LogP contribution in [0.15, 0.2) is 41.1 Å². The maximum Gasteiger partial charge on any atom is 0.253 e. The molecule has 0 aliphatic heterocycles. The molecule has 4 heteroatoms. The quantitative estimate of drug-likeness (QED) is 0.131. The minimum atomic E-state index is 0. The van der Waals surface area contributed by atoms with Crippen molar-refractivity contribution >= 4 is 15.9 Å². The second-order valence-electron chi connectivity index (χ2n) is 8.89. The van der Waals surface area contributed by atoms with E-state index in [0.717, 1.165) is 17.6 Å². The molecule has 1 heterocycles. The van der Waals surface area contributed by atoms with Crippen LogP contribution in [0.5, 0.6) is 0 Å². The third-order valence-corrected chi connectivity index (χ3v) is 6.75. The SMILES string of the molecule is CCCCCCCCCCCCCCCCn1cc[n+](Cc2cccc(Br)c2)c1C.[I-]. The molecule has 1 aromatic heterocycles. The molecule has 176 valence electrons. The first-order chi connectivity index (χ1) is 14.7. The maximum absolute atomic E-state index is 3.57. The van der Waals surface area contributed by atoms with Gasteiger partial charge in [0.25, 0.3) is 5.82 Å². The average molecular weight is 603 g/mol. The minimum absolute atomic E-state index is 0. The molecule has 0 bridgehead atoms. The van der Waals surface area contributed by atoms with Gasteiger partial charge < -0.3 is 24.0 Å². The predicted octanol–water partition coefficient (Wildman–Crippen LogP) is 5.38. The first-order valence-corrected chi connectivity index (χ1v) is 13.3. The van der Waals surface area contributed by atoms with E-state index in [0.29, 0.717) is 0 Å². The highest BCUT2D eigenvalue weighted by Gasteiger charge is 2.12. The van der Waals surface area contributed by atoms with Crippen molar-refractivity contribution in [3.63, 3.8) is 0 Å². The lowest BCUT2D eigenvalue weighted by molar-refractivity contribution is -0.694. The highest BCUT2D eigenvalue weighted by Crippen LogP contribution is 2.14. The number of hydrogen-bond acceptors (Lipinski definition) is 0. The Hall–Kier alpha value is -0.360. The second kappa shape index (κ2) is 18.1. The predicted molar refractivity (Wildman–Crippen MR) is 133 cm³/mol. The number of imidazole rings is 1. The fraction of sp³-hybridized carbons (Fsp3) is 0.667. The third-order valence-electron chi connectivity index (χ3n) is 6.25. The van der Waals surface area contributed by atoms with E-state index in [2.05, 4.69) is 75.6 Å². The largest absolute Gasteiger partial charge is 1.00 e. The first kappa shape index (κ1) is 28.7. The van der Waals surface area contributed by atoms with E-state index in [1.54, 1.807) is 0 Å². The number of benzene rings is 1. The van der Waals surface area contributed by atoms with E-state index in [4.69, 9.17) is 0 Å². The van der Waals surface area contributed by atoms with E-state index < -0.39 is 0 Å². The summed E-state index contributed by atoms with van der Waals surface area (Å²) in [5.74, 6) is 1.35. The molecule has 0 saturated carbocycles. The maximum atomic E-state index is 3.57. The molecule has 0 spiro atoms. The Kier molecular flexibility index (Phi) is 16.8. The molecule has 1 aromatic carbocycles. The fourth-order valence-electron chi connectivity index (χ4n) is 4.25. The van der Waals surface area contributed by atoms with Crippen LogP contribution in [0.4, 0.5) is 0 Å². The molecular formula is C27H44BrIN2. The van der Waals surface area contributed by atoms with Crippen LogP contribution in [0.25, 0.3) is 0 Å². The first-order valence-electron chi connectivity index (χ1n) is 12.5. The van der Waals surface area contributed by atoms with Crippen molar-refractivity contribution in [2.75, 3.05) is 0 Å². The molecule has 0 aliphatic rings. The Morgan fingerprint density at radius 3 is 1.90 bits per heavy atom.